The molecular formula is C34H38F2N4O5. The summed E-state index contributed by atoms with van der Waals surface area (Å²) in [4.78, 5) is 43.4. The number of amides is 1. The Morgan fingerprint density at radius 1 is 0.778 bits per heavy atom. The first-order valence-electron chi connectivity index (χ1n) is 15.1. The SMILES string of the molecule is O=C(O)C=CC(=O)O.O=C(c1cccnc1N1CCN(CCCC(c2ccc(F)cc2)c2ccc(F)cc2)CC1)N1CCCC1. The molecule has 2 aliphatic heterocycles. The maximum Gasteiger partial charge on any atom is 0.328 e. The van der Waals surface area contributed by atoms with Gasteiger partial charge in [0.15, 0.2) is 0 Å². The van der Waals surface area contributed by atoms with E-state index in [9.17, 15) is 23.2 Å². The highest BCUT2D eigenvalue weighted by atomic mass is 19.1. The van der Waals surface area contributed by atoms with Crippen LogP contribution >= 0.6 is 0 Å². The van der Waals surface area contributed by atoms with Crippen LogP contribution in [0.2, 0.25) is 0 Å². The number of anilines is 1. The predicted molar refractivity (Wildman–Crippen MR) is 166 cm³/mol. The van der Waals surface area contributed by atoms with E-state index in [1.54, 1.807) is 6.20 Å². The molecule has 2 fully saturated rings. The van der Waals surface area contributed by atoms with Gasteiger partial charge in [-0.1, -0.05) is 24.3 Å². The number of aliphatic carboxylic acids is 2. The van der Waals surface area contributed by atoms with E-state index in [0.717, 1.165) is 88.4 Å². The lowest BCUT2D eigenvalue weighted by atomic mass is 9.87. The summed E-state index contributed by atoms with van der Waals surface area (Å²) in [7, 11) is 0. The predicted octanol–water partition coefficient (Wildman–Crippen LogP) is 5.04. The third-order valence-corrected chi connectivity index (χ3v) is 7.96. The molecule has 11 heteroatoms. The molecule has 2 N–H and O–H groups in total. The molecule has 0 unspecified atom stereocenters. The molecular weight excluding hydrogens is 582 g/mol. The van der Waals surface area contributed by atoms with Crippen LogP contribution in [0.15, 0.2) is 79.0 Å². The number of aromatic nitrogens is 1. The van der Waals surface area contributed by atoms with Gasteiger partial charge < -0.3 is 20.0 Å². The van der Waals surface area contributed by atoms with Crippen LogP contribution < -0.4 is 4.90 Å². The Morgan fingerprint density at radius 2 is 1.31 bits per heavy atom. The minimum Gasteiger partial charge on any atom is -0.478 e. The average Bonchev–Trinajstić information content (AvgIpc) is 3.59. The van der Waals surface area contributed by atoms with E-state index in [2.05, 4.69) is 14.8 Å². The van der Waals surface area contributed by atoms with E-state index in [1.165, 1.54) is 24.3 Å². The second-order valence-corrected chi connectivity index (χ2v) is 11.0. The van der Waals surface area contributed by atoms with E-state index in [1.807, 2.05) is 41.3 Å². The summed E-state index contributed by atoms with van der Waals surface area (Å²) in [5, 5.41) is 15.6. The molecule has 0 saturated carbocycles. The van der Waals surface area contributed by atoms with Crippen LogP contribution in [0.1, 0.15) is 53.1 Å². The number of carboxylic acids is 2. The van der Waals surface area contributed by atoms with Crippen molar-refractivity contribution >= 4 is 23.7 Å². The molecule has 2 saturated heterocycles. The summed E-state index contributed by atoms with van der Waals surface area (Å²) in [6.45, 7) is 6.09. The summed E-state index contributed by atoms with van der Waals surface area (Å²) in [5.41, 5.74) is 2.80. The van der Waals surface area contributed by atoms with Crippen molar-refractivity contribution in [2.75, 3.05) is 50.7 Å². The largest absolute Gasteiger partial charge is 0.478 e. The van der Waals surface area contributed by atoms with Gasteiger partial charge in [-0.05, 0) is 79.8 Å². The van der Waals surface area contributed by atoms with Crippen LogP contribution in [0.4, 0.5) is 14.6 Å². The highest BCUT2D eigenvalue weighted by Gasteiger charge is 2.26. The number of likely N-dealkylation sites (tertiary alicyclic amines) is 1. The first-order chi connectivity index (χ1) is 21.7. The van der Waals surface area contributed by atoms with Crippen LogP contribution in [0.3, 0.4) is 0 Å². The van der Waals surface area contributed by atoms with Gasteiger partial charge in [0, 0.05) is 63.5 Å². The number of carboxylic acid groups (broad SMARTS) is 2. The molecule has 0 radical (unpaired) electrons. The number of hydrogen-bond acceptors (Lipinski definition) is 6. The fraction of sp³-hybridized carbons (Fsp3) is 0.353. The van der Waals surface area contributed by atoms with Crippen LogP contribution in [-0.2, 0) is 9.59 Å². The second-order valence-electron chi connectivity index (χ2n) is 11.0. The number of pyridine rings is 1. The molecule has 0 atom stereocenters. The first kappa shape index (κ1) is 33.3. The monoisotopic (exact) mass is 620 g/mol. The van der Waals surface area contributed by atoms with E-state index in [4.69, 9.17) is 10.2 Å². The van der Waals surface area contributed by atoms with Crippen molar-refractivity contribution in [3.8, 4) is 0 Å². The molecule has 1 amide bonds. The minimum absolute atomic E-state index is 0.0927. The number of halogens is 2. The number of piperazine rings is 1. The molecule has 0 aliphatic carbocycles. The average molecular weight is 621 g/mol. The van der Waals surface area contributed by atoms with Crippen molar-refractivity contribution in [3.05, 3.63) is 107 Å². The fourth-order valence-electron chi connectivity index (χ4n) is 5.67. The Morgan fingerprint density at radius 3 is 1.82 bits per heavy atom. The van der Waals surface area contributed by atoms with Crippen LogP contribution in [0, 0.1) is 11.6 Å². The summed E-state index contributed by atoms with van der Waals surface area (Å²) in [6.07, 6.45) is 6.90. The summed E-state index contributed by atoms with van der Waals surface area (Å²) < 4.78 is 27.0. The molecule has 0 spiro atoms. The van der Waals surface area contributed by atoms with Crippen molar-refractivity contribution in [2.45, 2.75) is 31.6 Å². The molecule has 5 rings (SSSR count). The molecule has 238 valence electrons. The van der Waals surface area contributed by atoms with Gasteiger partial charge >= 0.3 is 11.9 Å². The molecule has 45 heavy (non-hydrogen) atoms. The molecule has 2 aromatic carbocycles. The Hall–Kier alpha value is -4.64. The van der Waals surface area contributed by atoms with Gasteiger partial charge in [-0.25, -0.2) is 23.4 Å². The quantitative estimate of drug-likeness (QED) is 0.303. The molecule has 1 aromatic heterocycles. The second kappa shape index (κ2) is 16.4. The highest BCUT2D eigenvalue weighted by molar-refractivity contribution is 5.99. The summed E-state index contributed by atoms with van der Waals surface area (Å²) in [5.74, 6) is -2.03. The van der Waals surface area contributed by atoms with E-state index < -0.39 is 11.9 Å². The first-order valence-corrected chi connectivity index (χ1v) is 15.1. The Balaban J connectivity index is 0.000000510. The number of carbonyl (C=O) groups is 3. The van der Waals surface area contributed by atoms with Crippen LogP contribution in [0.25, 0.3) is 0 Å². The Labute approximate surface area is 261 Å². The Bertz CT molecular complexity index is 1390. The standard InChI is InChI=1S/C30H34F2N4O.C4H4O4/c31-25-11-7-23(8-12-25)27(24-9-13-26(32)14-10-24)6-4-16-34-19-21-35(22-20-34)29-28(5-3-15-33-29)30(37)36-17-1-2-18-36;5-3(6)1-2-4(7)8/h3,5,7-15,27H,1-2,4,6,16-22H2;1-2H,(H,5,6)(H,7,8). The summed E-state index contributed by atoms with van der Waals surface area (Å²) >= 11 is 0. The van der Waals surface area contributed by atoms with Gasteiger partial charge in [0.05, 0.1) is 5.56 Å². The topological polar surface area (TPSA) is 114 Å². The molecule has 9 nitrogen and oxygen atoms in total. The molecule has 2 aliphatic rings. The Kier molecular flexibility index (Phi) is 12.1. The lowest BCUT2D eigenvalue weighted by Crippen LogP contribution is -2.47. The van der Waals surface area contributed by atoms with Crippen molar-refractivity contribution in [1.82, 2.24) is 14.8 Å². The smallest absolute Gasteiger partial charge is 0.328 e. The lowest BCUT2D eigenvalue weighted by molar-refractivity contribution is -0.134. The normalized spacial score (nSPS) is 15.3. The van der Waals surface area contributed by atoms with Gasteiger partial charge in [-0.2, -0.15) is 0 Å². The summed E-state index contributed by atoms with van der Waals surface area (Å²) in [6, 6.07) is 17.0. The third kappa shape index (κ3) is 9.94. The third-order valence-electron chi connectivity index (χ3n) is 7.96. The van der Waals surface area contributed by atoms with E-state index in [0.29, 0.717) is 17.7 Å². The maximum absolute atomic E-state index is 13.5. The van der Waals surface area contributed by atoms with Crippen molar-refractivity contribution in [1.29, 1.82) is 0 Å². The number of nitrogens with zero attached hydrogens (tertiary/aromatic N) is 4. The van der Waals surface area contributed by atoms with Crippen molar-refractivity contribution in [3.63, 3.8) is 0 Å². The lowest BCUT2D eigenvalue weighted by Gasteiger charge is -2.36. The fourth-order valence-corrected chi connectivity index (χ4v) is 5.67. The van der Waals surface area contributed by atoms with Gasteiger partial charge in [0.2, 0.25) is 0 Å². The van der Waals surface area contributed by atoms with E-state index >= 15 is 0 Å². The van der Waals surface area contributed by atoms with E-state index in [-0.39, 0.29) is 23.5 Å². The molecule has 3 aromatic rings. The number of carbonyl (C=O) groups excluding carboxylic acids is 1. The van der Waals surface area contributed by atoms with Gasteiger partial charge in [-0.3, -0.25) is 9.69 Å². The van der Waals surface area contributed by atoms with Crippen molar-refractivity contribution < 1.29 is 33.4 Å². The van der Waals surface area contributed by atoms with Crippen LogP contribution in [0.5, 0.6) is 0 Å². The number of benzene rings is 2. The van der Waals surface area contributed by atoms with Gasteiger partial charge in [-0.15, -0.1) is 0 Å². The number of rotatable bonds is 10. The minimum atomic E-state index is -1.26. The zero-order valence-electron chi connectivity index (χ0n) is 25.0. The maximum atomic E-state index is 13.5. The zero-order valence-corrected chi connectivity index (χ0v) is 25.0. The molecule has 0 bridgehead atoms. The highest BCUT2D eigenvalue weighted by Crippen LogP contribution is 2.30. The molecule has 3 heterocycles. The zero-order chi connectivity index (χ0) is 32.2. The van der Waals surface area contributed by atoms with Gasteiger partial charge in [0.25, 0.3) is 5.91 Å². The van der Waals surface area contributed by atoms with Gasteiger partial charge in [0.1, 0.15) is 17.5 Å². The number of hydrogen-bond donors (Lipinski definition) is 2. The van der Waals surface area contributed by atoms with Crippen molar-refractivity contribution in [2.24, 2.45) is 0 Å². The van der Waals surface area contributed by atoms with Crippen LogP contribution in [-0.4, -0.2) is 88.7 Å².